The number of thiophene rings is 1. The summed E-state index contributed by atoms with van der Waals surface area (Å²) in [7, 11) is 0. The fourth-order valence-electron chi connectivity index (χ4n) is 0.962. The largest absolute Gasteiger partial charge is 0.381 e. The van der Waals surface area contributed by atoms with Crippen LogP contribution in [0.2, 0.25) is 0 Å². The van der Waals surface area contributed by atoms with E-state index in [1.165, 1.54) is 19.4 Å². The van der Waals surface area contributed by atoms with Gasteiger partial charge in [0.2, 0.25) is 0 Å². The van der Waals surface area contributed by atoms with Crippen LogP contribution < -0.4 is 5.32 Å². The third kappa shape index (κ3) is 2.82. The normalized spacial score (nSPS) is 11.4. The average Bonchev–Trinajstić information content (AvgIpc) is 2.45. The molecule has 0 bridgehead atoms. The number of hydrogen-bond donors (Lipinski definition) is 2. The van der Waals surface area contributed by atoms with Gasteiger partial charge in [0.25, 0.3) is 5.91 Å². The molecule has 0 saturated carbocycles. The first-order chi connectivity index (χ1) is 6.41. The Bertz CT molecular complexity index is 325. The first-order valence-electron chi connectivity index (χ1n) is 4.45. The summed E-state index contributed by atoms with van der Waals surface area (Å²) in [6, 6.07) is 2.01. The molecule has 1 aromatic rings. The van der Waals surface area contributed by atoms with Crippen molar-refractivity contribution in [1.82, 2.24) is 5.32 Å². The molecule has 0 unspecified atom stereocenters. The lowest BCUT2D eigenvalue weighted by atomic mass is 10.1. The molecule has 4 heteroatoms. The van der Waals surface area contributed by atoms with Crippen LogP contribution in [0.3, 0.4) is 0 Å². The van der Waals surface area contributed by atoms with E-state index in [9.17, 15) is 9.90 Å². The molecule has 14 heavy (non-hydrogen) atoms. The topological polar surface area (TPSA) is 49.3 Å². The molecule has 2 N–H and O–H groups in total. The van der Waals surface area contributed by atoms with Crippen LogP contribution in [0.25, 0.3) is 0 Å². The van der Waals surface area contributed by atoms with Gasteiger partial charge in [-0.2, -0.15) is 0 Å². The lowest BCUT2D eigenvalue weighted by molar-refractivity contribution is -0.136. The standard InChI is InChI=1S/C10H15NO2S/c1-7-4-5-14-8(7)6-11-9(12)10(2,3)13/h4-5,13H,6H2,1-3H3,(H,11,12). The SMILES string of the molecule is Cc1ccsc1CNC(=O)C(C)(C)O. The second-order valence-corrected chi connectivity index (χ2v) is 4.77. The number of carbonyl (C=O) groups excluding carboxylic acids is 1. The molecule has 1 rings (SSSR count). The molecule has 0 saturated heterocycles. The summed E-state index contributed by atoms with van der Waals surface area (Å²) in [5.74, 6) is -0.342. The Morgan fingerprint density at radius 2 is 2.29 bits per heavy atom. The fourth-order valence-corrected chi connectivity index (χ4v) is 1.81. The molecular weight excluding hydrogens is 198 g/mol. The van der Waals surface area contributed by atoms with Crippen LogP contribution in [0.15, 0.2) is 11.4 Å². The Labute approximate surface area is 87.8 Å². The first kappa shape index (κ1) is 11.2. The molecular formula is C10H15NO2S. The van der Waals surface area contributed by atoms with Gasteiger partial charge in [0.1, 0.15) is 5.60 Å². The molecule has 0 atom stereocenters. The number of hydrogen-bond acceptors (Lipinski definition) is 3. The van der Waals surface area contributed by atoms with E-state index in [-0.39, 0.29) is 5.91 Å². The molecule has 0 aromatic carbocycles. The monoisotopic (exact) mass is 213 g/mol. The Morgan fingerprint density at radius 1 is 1.64 bits per heavy atom. The maximum absolute atomic E-state index is 11.3. The predicted molar refractivity (Wildman–Crippen MR) is 57.2 cm³/mol. The van der Waals surface area contributed by atoms with Crippen molar-refractivity contribution in [3.05, 3.63) is 21.9 Å². The second kappa shape index (κ2) is 4.11. The zero-order valence-corrected chi connectivity index (χ0v) is 9.44. The lowest BCUT2D eigenvalue weighted by Gasteiger charge is -2.16. The van der Waals surface area contributed by atoms with Crippen molar-refractivity contribution in [2.24, 2.45) is 0 Å². The van der Waals surface area contributed by atoms with Crippen LogP contribution in [0.4, 0.5) is 0 Å². The van der Waals surface area contributed by atoms with Crippen molar-refractivity contribution in [3.63, 3.8) is 0 Å². The van der Waals surface area contributed by atoms with E-state index in [0.717, 1.165) is 4.88 Å². The zero-order chi connectivity index (χ0) is 10.8. The minimum atomic E-state index is -1.30. The molecule has 78 valence electrons. The highest BCUT2D eigenvalue weighted by atomic mass is 32.1. The molecule has 0 fully saturated rings. The highest BCUT2D eigenvalue weighted by Crippen LogP contribution is 2.15. The minimum Gasteiger partial charge on any atom is -0.381 e. The summed E-state index contributed by atoms with van der Waals surface area (Å²) in [6.07, 6.45) is 0. The van der Waals surface area contributed by atoms with Crippen LogP contribution in [0, 0.1) is 6.92 Å². The molecule has 1 heterocycles. The Morgan fingerprint density at radius 3 is 2.71 bits per heavy atom. The molecule has 0 aliphatic heterocycles. The van der Waals surface area contributed by atoms with Crippen LogP contribution in [-0.4, -0.2) is 16.6 Å². The van der Waals surface area contributed by atoms with Gasteiger partial charge >= 0.3 is 0 Å². The molecule has 3 nitrogen and oxygen atoms in total. The van der Waals surface area contributed by atoms with Crippen molar-refractivity contribution in [1.29, 1.82) is 0 Å². The number of aliphatic hydroxyl groups is 1. The van der Waals surface area contributed by atoms with E-state index in [4.69, 9.17) is 0 Å². The van der Waals surface area contributed by atoms with Crippen molar-refractivity contribution in [2.75, 3.05) is 0 Å². The molecule has 0 spiro atoms. The third-order valence-corrected chi connectivity index (χ3v) is 2.96. The predicted octanol–water partition coefficient (Wildman–Crippen LogP) is 1.44. The van der Waals surface area contributed by atoms with Crippen LogP contribution >= 0.6 is 11.3 Å². The van der Waals surface area contributed by atoms with E-state index in [0.29, 0.717) is 6.54 Å². The maximum atomic E-state index is 11.3. The van der Waals surface area contributed by atoms with Crippen LogP contribution in [0.5, 0.6) is 0 Å². The second-order valence-electron chi connectivity index (χ2n) is 3.77. The summed E-state index contributed by atoms with van der Waals surface area (Å²) >= 11 is 1.61. The molecule has 0 aliphatic rings. The van der Waals surface area contributed by atoms with E-state index in [1.54, 1.807) is 11.3 Å². The quantitative estimate of drug-likeness (QED) is 0.798. The number of nitrogens with one attached hydrogen (secondary N) is 1. The highest BCUT2D eigenvalue weighted by Gasteiger charge is 2.23. The molecule has 0 radical (unpaired) electrons. The van der Waals surface area contributed by atoms with Gasteiger partial charge in [-0.1, -0.05) is 0 Å². The van der Waals surface area contributed by atoms with Crippen molar-refractivity contribution >= 4 is 17.2 Å². The number of aryl methyl sites for hydroxylation is 1. The summed E-state index contributed by atoms with van der Waals surface area (Å²) in [6.45, 7) is 5.45. The Hall–Kier alpha value is -0.870. The number of rotatable bonds is 3. The van der Waals surface area contributed by atoms with Crippen molar-refractivity contribution in [3.8, 4) is 0 Å². The molecule has 1 aromatic heterocycles. The van der Waals surface area contributed by atoms with Gasteiger partial charge in [-0.15, -0.1) is 11.3 Å². The van der Waals surface area contributed by atoms with Crippen LogP contribution in [0.1, 0.15) is 24.3 Å². The molecule has 0 aliphatic carbocycles. The average molecular weight is 213 g/mol. The minimum absolute atomic E-state index is 0.342. The van der Waals surface area contributed by atoms with Gasteiger partial charge in [0.05, 0.1) is 6.54 Å². The van der Waals surface area contributed by atoms with Gasteiger partial charge in [-0.25, -0.2) is 0 Å². The first-order valence-corrected chi connectivity index (χ1v) is 5.33. The lowest BCUT2D eigenvalue weighted by Crippen LogP contribution is -2.41. The van der Waals surface area contributed by atoms with Gasteiger partial charge in [0, 0.05) is 4.88 Å². The number of carbonyl (C=O) groups is 1. The zero-order valence-electron chi connectivity index (χ0n) is 8.63. The summed E-state index contributed by atoms with van der Waals surface area (Å²) in [4.78, 5) is 12.4. The molecule has 1 amide bonds. The smallest absolute Gasteiger partial charge is 0.251 e. The Kier molecular flexibility index (Phi) is 3.29. The fraction of sp³-hybridized carbons (Fsp3) is 0.500. The van der Waals surface area contributed by atoms with Gasteiger partial charge in [-0.05, 0) is 37.8 Å². The van der Waals surface area contributed by atoms with Crippen molar-refractivity contribution < 1.29 is 9.90 Å². The third-order valence-electron chi connectivity index (χ3n) is 1.93. The Balaban J connectivity index is 2.50. The van der Waals surface area contributed by atoms with Gasteiger partial charge in [-0.3, -0.25) is 4.79 Å². The van der Waals surface area contributed by atoms with Gasteiger partial charge < -0.3 is 10.4 Å². The summed E-state index contributed by atoms with van der Waals surface area (Å²) in [5.41, 5.74) is -0.128. The van der Waals surface area contributed by atoms with Crippen molar-refractivity contribution in [2.45, 2.75) is 32.9 Å². The van der Waals surface area contributed by atoms with E-state index in [2.05, 4.69) is 5.32 Å². The summed E-state index contributed by atoms with van der Waals surface area (Å²) in [5, 5.41) is 14.0. The van der Waals surface area contributed by atoms with E-state index in [1.807, 2.05) is 18.4 Å². The maximum Gasteiger partial charge on any atom is 0.251 e. The van der Waals surface area contributed by atoms with E-state index >= 15 is 0 Å². The highest BCUT2D eigenvalue weighted by molar-refractivity contribution is 7.10. The van der Waals surface area contributed by atoms with E-state index < -0.39 is 5.60 Å². The summed E-state index contributed by atoms with van der Waals surface area (Å²) < 4.78 is 0. The van der Waals surface area contributed by atoms with Crippen LogP contribution in [-0.2, 0) is 11.3 Å². The van der Waals surface area contributed by atoms with Gasteiger partial charge in [0.15, 0.2) is 0 Å². The number of amides is 1.